The van der Waals surface area contributed by atoms with Crippen molar-refractivity contribution < 1.29 is 40.2 Å². The molecule has 0 saturated heterocycles. The summed E-state index contributed by atoms with van der Waals surface area (Å²) in [4.78, 5) is 0. The lowest BCUT2D eigenvalue weighted by molar-refractivity contribution is -0.324. The van der Waals surface area contributed by atoms with Crippen LogP contribution in [0.5, 0.6) is 0 Å². The number of hydrogen-bond acceptors (Lipinski definition) is 1. The number of rotatable bonds is 4. The fourth-order valence-electron chi connectivity index (χ4n) is 0.931. The average Bonchev–Trinajstić information content (AvgIpc) is 2.14. The summed E-state index contributed by atoms with van der Waals surface area (Å²) in [6, 6.07) is 0. The van der Waals surface area contributed by atoms with E-state index < -0.39 is 36.0 Å². The minimum Gasteiger partial charge on any atom is -0.375 e. The Morgan fingerprint density at radius 1 is 1.06 bits per heavy atom. The maximum Gasteiger partial charge on any atom is 0.423 e. The van der Waals surface area contributed by atoms with Crippen LogP contribution in [0.3, 0.4) is 0 Å². The van der Waals surface area contributed by atoms with Crippen molar-refractivity contribution in [3.05, 3.63) is 24.6 Å². The Bertz CT molecular complexity index is 327. The molecule has 0 fully saturated rings. The first-order chi connectivity index (χ1) is 7.41. The predicted octanol–water partition coefficient (Wildman–Crippen LogP) is 3.57. The first-order valence-corrected chi connectivity index (χ1v) is 3.91. The molecule has 1 N–H and O–H groups in total. The van der Waals surface area contributed by atoms with E-state index in [1.54, 1.807) is 0 Å². The van der Waals surface area contributed by atoms with Crippen molar-refractivity contribution in [2.45, 2.75) is 24.1 Å². The first-order valence-electron chi connectivity index (χ1n) is 3.91. The summed E-state index contributed by atoms with van der Waals surface area (Å²) in [7, 11) is 0. The second-order valence-corrected chi connectivity index (χ2v) is 3.00. The Morgan fingerprint density at radius 2 is 1.47 bits per heavy atom. The van der Waals surface area contributed by atoms with Gasteiger partial charge in [0.15, 0.2) is 0 Å². The van der Waals surface area contributed by atoms with Crippen LogP contribution in [-0.4, -0.2) is 22.8 Å². The highest BCUT2D eigenvalue weighted by molar-refractivity contribution is 5.17. The highest BCUT2D eigenvalue weighted by atomic mass is 19.4. The smallest absolute Gasteiger partial charge is 0.375 e. The zero-order chi connectivity index (χ0) is 14.1. The maximum absolute atomic E-state index is 12.9. The summed E-state index contributed by atoms with van der Waals surface area (Å²) in [5.74, 6) is -9.43. The van der Waals surface area contributed by atoms with Crippen molar-refractivity contribution in [3.63, 3.8) is 0 Å². The standard InChI is InChI=1S/C8H6F8O/c1-2-3-6(17,8(14,15)16)7(12,13)4(9)5(10)11/h2,17H,1,3H2. The SMILES string of the molecule is C=CCC(O)(C(F)(F)F)C(F)(F)C(F)=C(F)F. The van der Waals surface area contributed by atoms with E-state index in [-0.39, 0.29) is 6.08 Å². The van der Waals surface area contributed by atoms with Crippen LogP contribution in [-0.2, 0) is 0 Å². The van der Waals surface area contributed by atoms with E-state index >= 15 is 0 Å². The lowest BCUT2D eigenvalue weighted by atomic mass is 9.90. The normalized spacial score (nSPS) is 16.3. The molecular formula is C8H6F8O. The summed E-state index contributed by atoms with van der Waals surface area (Å²) in [5, 5.41) is 8.74. The molecule has 0 aromatic heterocycles. The molecule has 1 nitrogen and oxygen atoms in total. The third-order valence-corrected chi connectivity index (χ3v) is 1.87. The monoisotopic (exact) mass is 270 g/mol. The molecule has 0 saturated carbocycles. The van der Waals surface area contributed by atoms with E-state index in [0.29, 0.717) is 0 Å². The number of alkyl halides is 5. The van der Waals surface area contributed by atoms with Crippen molar-refractivity contribution in [2.24, 2.45) is 0 Å². The Balaban J connectivity index is 5.81. The molecule has 0 spiro atoms. The van der Waals surface area contributed by atoms with Crippen molar-refractivity contribution >= 4 is 0 Å². The first kappa shape index (κ1) is 15.9. The van der Waals surface area contributed by atoms with E-state index in [1.807, 2.05) is 0 Å². The van der Waals surface area contributed by atoms with Crippen molar-refractivity contribution in [2.75, 3.05) is 0 Å². The fourth-order valence-corrected chi connectivity index (χ4v) is 0.931. The summed E-state index contributed by atoms with van der Waals surface area (Å²) in [6.45, 7) is 2.66. The van der Waals surface area contributed by atoms with Crippen molar-refractivity contribution in [3.8, 4) is 0 Å². The van der Waals surface area contributed by atoms with E-state index in [2.05, 4.69) is 6.58 Å². The Morgan fingerprint density at radius 3 is 1.71 bits per heavy atom. The van der Waals surface area contributed by atoms with E-state index in [4.69, 9.17) is 5.11 Å². The van der Waals surface area contributed by atoms with Gasteiger partial charge in [0.1, 0.15) is 0 Å². The molecule has 1 unspecified atom stereocenters. The van der Waals surface area contributed by atoms with Crippen LogP contribution in [0.1, 0.15) is 6.42 Å². The zero-order valence-electron chi connectivity index (χ0n) is 7.96. The second-order valence-electron chi connectivity index (χ2n) is 3.00. The van der Waals surface area contributed by atoms with Crippen LogP contribution in [0.2, 0.25) is 0 Å². The molecule has 0 rings (SSSR count). The predicted molar refractivity (Wildman–Crippen MR) is 41.1 cm³/mol. The molecule has 0 heterocycles. The molecule has 0 aromatic carbocycles. The topological polar surface area (TPSA) is 20.2 Å². The van der Waals surface area contributed by atoms with Crippen LogP contribution in [0.25, 0.3) is 0 Å². The van der Waals surface area contributed by atoms with Gasteiger partial charge in [-0.2, -0.15) is 35.1 Å². The van der Waals surface area contributed by atoms with E-state index in [1.165, 1.54) is 0 Å². The number of halogens is 8. The van der Waals surface area contributed by atoms with Crippen molar-refractivity contribution in [1.82, 2.24) is 0 Å². The van der Waals surface area contributed by atoms with Crippen LogP contribution >= 0.6 is 0 Å². The van der Waals surface area contributed by atoms with E-state index in [0.717, 1.165) is 0 Å². The quantitative estimate of drug-likeness (QED) is 0.611. The maximum atomic E-state index is 12.9. The Hall–Kier alpha value is -1.12. The largest absolute Gasteiger partial charge is 0.423 e. The molecule has 0 aliphatic carbocycles. The van der Waals surface area contributed by atoms with Crippen LogP contribution in [0.4, 0.5) is 35.1 Å². The van der Waals surface area contributed by atoms with Gasteiger partial charge in [-0.05, 0) is 0 Å². The van der Waals surface area contributed by atoms with Gasteiger partial charge in [0.2, 0.25) is 11.4 Å². The summed E-state index contributed by atoms with van der Waals surface area (Å²) in [6.07, 6.45) is -11.3. The minimum absolute atomic E-state index is 0.213. The lowest BCUT2D eigenvalue weighted by Crippen LogP contribution is -2.59. The average molecular weight is 270 g/mol. The second kappa shape index (κ2) is 4.63. The van der Waals surface area contributed by atoms with Gasteiger partial charge in [-0.3, -0.25) is 0 Å². The molecule has 1 atom stereocenters. The van der Waals surface area contributed by atoms with Gasteiger partial charge in [-0.25, -0.2) is 0 Å². The zero-order valence-corrected chi connectivity index (χ0v) is 7.96. The van der Waals surface area contributed by atoms with Gasteiger partial charge in [-0.15, -0.1) is 6.58 Å². The molecule has 100 valence electrons. The summed E-state index contributed by atoms with van der Waals surface area (Å²) < 4.78 is 97.9. The molecular weight excluding hydrogens is 264 g/mol. The van der Waals surface area contributed by atoms with E-state index in [9.17, 15) is 35.1 Å². The highest BCUT2D eigenvalue weighted by Crippen LogP contribution is 2.49. The summed E-state index contributed by atoms with van der Waals surface area (Å²) in [5.41, 5.74) is -4.98. The molecule has 0 radical (unpaired) electrons. The molecule has 0 aliphatic heterocycles. The third kappa shape index (κ3) is 2.59. The third-order valence-electron chi connectivity index (χ3n) is 1.87. The number of aliphatic hydroxyl groups is 1. The number of hydrogen-bond donors (Lipinski definition) is 1. The highest BCUT2D eigenvalue weighted by Gasteiger charge is 2.71. The molecule has 17 heavy (non-hydrogen) atoms. The molecule has 9 heteroatoms. The van der Waals surface area contributed by atoms with Gasteiger partial charge in [-0.1, -0.05) is 6.08 Å². The van der Waals surface area contributed by atoms with Crippen molar-refractivity contribution in [1.29, 1.82) is 0 Å². The molecule has 0 amide bonds. The van der Waals surface area contributed by atoms with Gasteiger partial charge in [0, 0.05) is 6.42 Å². The molecule has 0 aliphatic rings. The molecule has 0 aromatic rings. The van der Waals surface area contributed by atoms with Gasteiger partial charge < -0.3 is 5.11 Å². The Kier molecular flexibility index (Phi) is 4.33. The summed E-state index contributed by atoms with van der Waals surface area (Å²) >= 11 is 0. The fraction of sp³-hybridized carbons (Fsp3) is 0.500. The lowest BCUT2D eigenvalue weighted by Gasteiger charge is -2.35. The molecule has 0 bridgehead atoms. The van der Waals surface area contributed by atoms with Gasteiger partial charge >= 0.3 is 18.2 Å². The van der Waals surface area contributed by atoms with Crippen LogP contribution in [0.15, 0.2) is 24.6 Å². The van der Waals surface area contributed by atoms with Crippen LogP contribution in [0, 0.1) is 0 Å². The van der Waals surface area contributed by atoms with Crippen LogP contribution < -0.4 is 0 Å². The van der Waals surface area contributed by atoms with Gasteiger partial charge in [0.05, 0.1) is 0 Å². The van der Waals surface area contributed by atoms with Gasteiger partial charge in [0.25, 0.3) is 0 Å². The minimum atomic E-state index is -6.02. The Labute approximate surface area is 90.0 Å².